The van der Waals surface area contributed by atoms with Crippen LogP contribution in [-0.4, -0.2) is 48.1 Å². The maximum atomic E-state index is 13.1. The van der Waals surface area contributed by atoms with Crippen molar-refractivity contribution in [2.24, 2.45) is 5.92 Å². The Bertz CT molecular complexity index is 657. The number of nitrogens with one attached hydrogen (secondary N) is 1. The van der Waals surface area contributed by atoms with Gasteiger partial charge in [0.2, 0.25) is 5.91 Å². The van der Waals surface area contributed by atoms with Crippen molar-refractivity contribution in [2.75, 3.05) is 19.7 Å². The summed E-state index contributed by atoms with van der Waals surface area (Å²) in [6.45, 7) is 4.84. The first-order valence-electron chi connectivity index (χ1n) is 8.45. The average Bonchev–Trinajstić information content (AvgIpc) is 2.88. The number of carbonyl (C=O) groups excluding carboxylic acids is 2. The summed E-state index contributed by atoms with van der Waals surface area (Å²) in [5.41, 5.74) is -0.991. The van der Waals surface area contributed by atoms with E-state index in [9.17, 15) is 22.8 Å². The second-order valence-corrected chi connectivity index (χ2v) is 6.72. The Balaban J connectivity index is 1.95. The molecule has 1 aromatic rings. The van der Waals surface area contributed by atoms with E-state index in [4.69, 9.17) is 4.74 Å². The molecule has 1 fully saturated rings. The van der Waals surface area contributed by atoms with Gasteiger partial charge in [0.15, 0.2) is 0 Å². The molecular formula is C18H23F3N2O3. The van der Waals surface area contributed by atoms with Crippen molar-refractivity contribution < 1.29 is 27.5 Å². The number of rotatable bonds is 5. The molecule has 2 amide bonds. The quantitative estimate of drug-likeness (QED) is 0.864. The van der Waals surface area contributed by atoms with E-state index in [-0.39, 0.29) is 19.5 Å². The molecule has 0 spiro atoms. The zero-order valence-corrected chi connectivity index (χ0v) is 15.0. The molecule has 1 atom stereocenters. The fraction of sp³-hybridized carbons (Fsp3) is 0.556. The van der Waals surface area contributed by atoms with Gasteiger partial charge in [-0.25, -0.2) is 0 Å². The summed E-state index contributed by atoms with van der Waals surface area (Å²) in [7, 11) is 0. The number of halogens is 3. The third kappa shape index (κ3) is 4.28. The number of alkyl halides is 3. The first-order valence-corrected chi connectivity index (χ1v) is 8.45. The number of ether oxygens (including phenoxy) is 1. The Kier molecular flexibility index (Phi) is 5.83. The fourth-order valence-corrected chi connectivity index (χ4v) is 3.32. The molecule has 1 aliphatic rings. The molecule has 0 saturated carbocycles. The van der Waals surface area contributed by atoms with Crippen LogP contribution in [0.25, 0.3) is 0 Å². The van der Waals surface area contributed by atoms with E-state index in [0.29, 0.717) is 17.9 Å². The summed E-state index contributed by atoms with van der Waals surface area (Å²) >= 11 is 0. The summed E-state index contributed by atoms with van der Waals surface area (Å²) in [6, 6.07) is 6.39. The van der Waals surface area contributed by atoms with Crippen LogP contribution in [0, 0.1) is 5.92 Å². The van der Waals surface area contributed by atoms with Gasteiger partial charge in [-0.3, -0.25) is 9.59 Å². The SMILES string of the molecule is CCOc1ccc(C(=O)NCC(=O)N2CCC(C(F)(F)F)C2(C)C)cc1. The molecule has 0 bridgehead atoms. The van der Waals surface area contributed by atoms with Crippen LogP contribution in [0.3, 0.4) is 0 Å². The summed E-state index contributed by atoms with van der Waals surface area (Å²) in [6.07, 6.45) is -4.49. The van der Waals surface area contributed by atoms with Crippen LogP contribution in [0.4, 0.5) is 13.2 Å². The molecule has 144 valence electrons. The molecular weight excluding hydrogens is 349 g/mol. The normalized spacial score (nSPS) is 19.3. The van der Waals surface area contributed by atoms with Crippen LogP contribution in [0.5, 0.6) is 5.75 Å². The summed E-state index contributed by atoms with van der Waals surface area (Å²) in [5, 5.41) is 2.47. The number of hydrogen-bond donors (Lipinski definition) is 1. The molecule has 1 saturated heterocycles. The van der Waals surface area contributed by atoms with Crippen LogP contribution in [0.2, 0.25) is 0 Å². The van der Waals surface area contributed by atoms with Crippen molar-refractivity contribution in [1.82, 2.24) is 10.2 Å². The monoisotopic (exact) mass is 372 g/mol. The lowest BCUT2D eigenvalue weighted by Crippen LogP contribution is -2.52. The van der Waals surface area contributed by atoms with Gasteiger partial charge < -0.3 is 15.0 Å². The highest BCUT2D eigenvalue weighted by Crippen LogP contribution is 2.44. The molecule has 2 rings (SSSR count). The van der Waals surface area contributed by atoms with Crippen molar-refractivity contribution in [1.29, 1.82) is 0 Å². The molecule has 0 aliphatic carbocycles. The first-order chi connectivity index (χ1) is 12.1. The molecule has 5 nitrogen and oxygen atoms in total. The first kappa shape index (κ1) is 20.1. The second kappa shape index (κ2) is 7.55. The van der Waals surface area contributed by atoms with Gasteiger partial charge in [0.05, 0.1) is 19.1 Å². The Morgan fingerprint density at radius 3 is 2.38 bits per heavy atom. The number of hydrogen-bond acceptors (Lipinski definition) is 3. The molecule has 26 heavy (non-hydrogen) atoms. The van der Waals surface area contributed by atoms with Crippen LogP contribution in [-0.2, 0) is 4.79 Å². The highest BCUT2D eigenvalue weighted by molar-refractivity contribution is 5.96. The van der Waals surface area contributed by atoms with Crippen molar-refractivity contribution in [3.63, 3.8) is 0 Å². The van der Waals surface area contributed by atoms with Crippen molar-refractivity contribution in [2.45, 2.75) is 38.9 Å². The van der Waals surface area contributed by atoms with Gasteiger partial charge in [-0.05, 0) is 51.5 Å². The van der Waals surface area contributed by atoms with E-state index in [0.717, 1.165) is 0 Å². The number of carbonyl (C=O) groups is 2. The molecule has 1 unspecified atom stereocenters. The lowest BCUT2D eigenvalue weighted by Gasteiger charge is -2.36. The maximum Gasteiger partial charge on any atom is 0.394 e. The lowest BCUT2D eigenvalue weighted by atomic mass is 9.88. The molecule has 1 heterocycles. The third-order valence-corrected chi connectivity index (χ3v) is 4.71. The minimum Gasteiger partial charge on any atom is -0.494 e. The Morgan fingerprint density at radius 2 is 1.88 bits per heavy atom. The number of amides is 2. The molecule has 8 heteroatoms. The van der Waals surface area contributed by atoms with Gasteiger partial charge in [0.25, 0.3) is 5.91 Å². The Morgan fingerprint density at radius 1 is 1.27 bits per heavy atom. The number of likely N-dealkylation sites (tertiary alicyclic amines) is 1. The Labute approximate surface area is 150 Å². The van der Waals surface area contributed by atoms with E-state index < -0.39 is 29.4 Å². The zero-order valence-electron chi connectivity index (χ0n) is 15.0. The topological polar surface area (TPSA) is 58.6 Å². The van der Waals surface area contributed by atoms with Crippen LogP contribution in [0.1, 0.15) is 37.6 Å². The van der Waals surface area contributed by atoms with Gasteiger partial charge in [0.1, 0.15) is 5.75 Å². The van der Waals surface area contributed by atoms with Gasteiger partial charge in [-0.1, -0.05) is 0 Å². The van der Waals surface area contributed by atoms with Crippen LogP contribution < -0.4 is 10.1 Å². The summed E-state index contributed by atoms with van der Waals surface area (Å²) in [4.78, 5) is 25.6. The van der Waals surface area contributed by atoms with E-state index >= 15 is 0 Å². The van der Waals surface area contributed by atoms with E-state index in [1.807, 2.05) is 6.92 Å². The molecule has 1 aromatic carbocycles. The van der Waals surface area contributed by atoms with E-state index in [1.54, 1.807) is 24.3 Å². The van der Waals surface area contributed by atoms with Crippen molar-refractivity contribution >= 4 is 11.8 Å². The lowest BCUT2D eigenvalue weighted by molar-refractivity contribution is -0.192. The van der Waals surface area contributed by atoms with Gasteiger partial charge >= 0.3 is 6.18 Å². The molecule has 1 aliphatic heterocycles. The van der Waals surface area contributed by atoms with E-state index in [2.05, 4.69) is 5.32 Å². The third-order valence-electron chi connectivity index (χ3n) is 4.71. The summed E-state index contributed by atoms with van der Waals surface area (Å²) < 4.78 is 44.6. The van der Waals surface area contributed by atoms with Crippen molar-refractivity contribution in [3.05, 3.63) is 29.8 Å². The van der Waals surface area contributed by atoms with Crippen LogP contribution >= 0.6 is 0 Å². The Hall–Kier alpha value is -2.25. The smallest absolute Gasteiger partial charge is 0.394 e. The molecule has 0 radical (unpaired) electrons. The highest BCUT2D eigenvalue weighted by atomic mass is 19.4. The number of benzene rings is 1. The standard InChI is InChI=1S/C18H23F3N2O3/c1-4-26-13-7-5-12(6-8-13)16(25)22-11-15(24)23-10-9-14(17(23,2)3)18(19,20)21/h5-8,14H,4,9-11H2,1-3H3,(H,22,25). The largest absolute Gasteiger partial charge is 0.494 e. The predicted octanol–water partition coefficient (Wildman–Crippen LogP) is 3.00. The summed E-state index contributed by atoms with van der Waals surface area (Å²) in [5.74, 6) is -1.94. The minimum atomic E-state index is -4.36. The minimum absolute atomic E-state index is 0.0228. The highest BCUT2D eigenvalue weighted by Gasteiger charge is 2.56. The van der Waals surface area contributed by atoms with Gasteiger partial charge in [0, 0.05) is 17.6 Å². The fourth-order valence-electron chi connectivity index (χ4n) is 3.32. The zero-order chi connectivity index (χ0) is 19.5. The van der Waals surface area contributed by atoms with Crippen LogP contribution in [0.15, 0.2) is 24.3 Å². The predicted molar refractivity (Wildman–Crippen MR) is 89.9 cm³/mol. The average molecular weight is 372 g/mol. The second-order valence-electron chi connectivity index (χ2n) is 6.72. The molecule has 1 N–H and O–H groups in total. The van der Waals surface area contributed by atoms with E-state index in [1.165, 1.54) is 18.7 Å². The number of nitrogens with zero attached hydrogens (tertiary/aromatic N) is 1. The van der Waals surface area contributed by atoms with Gasteiger partial charge in [-0.2, -0.15) is 13.2 Å². The van der Waals surface area contributed by atoms with Gasteiger partial charge in [-0.15, -0.1) is 0 Å². The molecule has 0 aromatic heterocycles. The van der Waals surface area contributed by atoms with Crippen molar-refractivity contribution in [3.8, 4) is 5.75 Å². The maximum absolute atomic E-state index is 13.1.